The van der Waals surface area contributed by atoms with Gasteiger partial charge in [-0.3, -0.25) is 9.79 Å². The molecule has 1 atom stereocenters. The Morgan fingerprint density at radius 2 is 2.13 bits per heavy atom. The van der Waals surface area contributed by atoms with Crippen molar-refractivity contribution in [1.29, 1.82) is 0 Å². The van der Waals surface area contributed by atoms with Crippen LogP contribution in [-0.4, -0.2) is 29.5 Å². The van der Waals surface area contributed by atoms with E-state index in [4.69, 9.17) is 16.6 Å². The van der Waals surface area contributed by atoms with Crippen LogP contribution in [0.1, 0.15) is 26.7 Å². The number of hydrogen-bond donors (Lipinski definition) is 3. The fourth-order valence-corrected chi connectivity index (χ4v) is 0.998. The Balaban J connectivity index is 3.87. The normalized spacial score (nSPS) is 15.1. The highest BCUT2D eigenvalue weighted by Gasteiger charge is 2.12. The number of carboxylic acid groups (broad SMARTS) is 1. The molecule has 0 aromatic rings. The number of carboxylic acids is 1. The van der Waals surface area contributed by atoms with E-state index in [2.05, 4.69) is 4.99 Å². The van der Waals surface area contributed by atoms with E-state index in [0.717, 1.165) is 12.8 Å². The second-order valence-electron chi connectivity index (χ2n) is 3.43. The van der Waals surface area contributed by atoms with Gasteiger partial charge in [0.2, 0.25) is 0 Å². The van der Waals surface area contributed by atoms with E-state index in [1.54, 1.807) is 13.8 Å². The minimum absolute atomic E-state index is 0.568. The highest BCUT2D eigenvalue weighted by Crippen LogP contribution is 2.02. The summed E-state index contributed by atoms with van der Waals surface area (Å²) in [5, 5.41) is 8.62. The predicted octanol–water partition coefficient (Wildman–Crippen LogP) is 0.502. The number of nitrogens with zero attached hydrogens (tertiary/aromatic N) is 1. The van der Waals surface area contributed by atoms with Crippen LogP contribution in [0.5, 0.6) is 0 Å². The smallest absolute Gasteiger partial charge is 0.324 e. The second kappa shape index (κ2) is 7.00. The summed E-state index contributed by atoms with van der Waals surface area (Å²) in [6.07, 6.45) is 3.45. The molecule has 0 amide bonds. The van der Waals surface area contributed by atoms with Crippen LogP contribution in [0.25, 0.3) is 0 Å². The molecule has 0 fully saturated rings. The summed E-state index contributed by atoms with van der Waals surface area (Å²) in [6.45, 7) is 4.12. The fraction of sp³-hybridized carbons (Fsp3) is 0.600. The van der Waals surface area contributed by atoms with Gasteiger partial charge in [0.15, 0.2) is 0 Å². The monoisotopic (exact) mass is 213 g/mol. The van der Waals surface area contributed by atoms with Gasteiger partial charge >= 0.3 is 5.97 Å². The third-order valence-electron chi connectivity index (χ3n) is 1.95. The Labute approximate surface area is 89.9 Å². The van der Waals surface area contributed by atoms with Gasteiger partial charge in [0.25, 0.3) is 0 Å². The molecular formula is C10H19N3O2. The van der Waals surface area contributed by atoms with Crippen LogP contribution in [0.15, 0.2) is 16.6 Å². The molecule has 5 N–H and O–H groups in total. The van der Waals surface area contributed by atoms with Crippen molar-refractivity contribution in [2.24, 2.45) is 16.5 Å². The number of unbranched alkanes of at least 4 members (excludes halogenated alkanes) is 1. The maximum absolute atomic E-state index is 10.5. The van der Waals surface area contributed by atoms with Crippen LogP contribution in [-0.2, 0) is 4.79 Å². The van der Waals surface area contributed by atoms with Crippen molar-refractivity contribution in [1.82, 2.24) is 0 Å². The molecular weight excluding hydrogens is 194 g/mol. The van der Waals surface area contributed by atoms with Crippen LogP contribution in [0.4, 0.5) is 0 Å². The number of aliphatic imine (C=N–C) groups is 1. The van der Waals surface area contributed by atoms with Crippen LogP contribution >= 0.6 is 0 Å². The van der Waals surface area contributed by atoms with Crippen molar-refractivity contribution in [2.75, 3.05) is 6.54 Å². The molecule has 0 rings (SSSR count). The van der Waals surface area contributed by atoms with E-state index in [1.165, 1.54) is 0 Å². The van der Waals surface area contributed by atoms with Crippen molar-refractivity contribution >= 4 is 11.8 Å². The van der Waals surface area contributed by atoms with E-state index in [-0.39, 0.29) is 0 Å². The molecule has 5 heteroatoms. The molecule has 1 unspecified atom stereocenters. The van der Waals surface area contributed by atoms with E-state index in [9.17, 15) is 4.79 Å². The molecule has 0 heterocycles. The summed E-state index contributed by atoms with van der Waals surface area (Å²) in [6, 6.07) is -0.898. The number of carbonyl (C=O) groups is 1. The number of nitrogens with two attached hydrogens (primary N) is 2. The maximum atomic E-state index is 10.5. The zero-order valence-corrected chi connectivity index (χ0v) is 9.23. The van der Waals surface area contributed by atoms with Crippen LogP contribution in [0.3, 0.4) is 0 Å². The number of aliphatic carboxylic acids is 1. The summed E-state index contributed by atoms with van der Waals surface area (Å²) in [4.78, 5) is 14.5. The Hall–Kier alpha value is -1.36. The van der Waals surface area contributed by atoms with Crippen molar-refractivity contribution < 1.29 is 9.90 Å². The van der Waals surface area contributed by atoms with Crippen LogP contribution in [0, 0.1) is 0 Å². The largest absolute Gasteiger partial charge is 0.480 e. The lowest BCUT2D eigenvalue weighted by molar-refractivity contribution is -0.137. The summed E-state index contributed by atoms with van der Waals surface area (Å²) >= 11 is 0. The first-order chi connectivity index (χ1) is 6.95. The summed E-state index contributed by atoms with van der Waals surface area (Å²) in [5.74, 6) is -0.433. The molecule has 0 saturated carbocycles. The Kier molecular flexibility index (Phi) is 6.37. The lowest BCUT2D eigenvalue weighted by Crippen LogP contribution is -2.31. The van der Waals surface area contributed by atoms with Gasteiger partial charge in [-0.15, -0.1) is 0 Å². The third-order valence-corrected chi connectivity index (χ3v) is 1.95. The molecule has 0 aromatic carbocycles. The van der Waals surface area contributed by atoms with Crippen molar-refractivity contribution in [3.05, 3.63) is 11.6 Å². The Morgan fingerprint density at radius 1 is 1.53 bits per heavy atom. The molecule has 0 aliphatic carbocycles. The molecule has 86 valence electrons. The van der Waals surface area contributed by atoms with Crippen molar-refractivity contribution in [2.45, 2.75) is 32.7 Å². The van der Waals surface area contributed by atoms with E-state index in [0.29, 0.717) is 18.0 Å². The zero-order chi connectivity index (χ0) is 11.8. The summed E-state index contributed by atoms with van der Waals surface area (Å²) < 4.78 is 0. The van der Waals surface area contributed by atoms with Crippen molar-refractivity contribution in [3.8, 4) is 0 Å². The molecule has 0 aliphatic rings. The SMILES string of the molecule is CC(N)=NCCC/C=C(/C)C(N)C(=O)O. The highest BCUT2D eigenvalue weighted by molar-refractivity contribution is 5.77. The third kappa shape index (κ3) is 6.68. The Morgan fingerprint density at radius 3 is 2.60 bits per heavy atom. The highest BCUT2D eigenvalue weighted by atomic mass is 16.4. The van der Waals surface area contributed by atoms with E-state index < -0.39 is 12.0 Å². The number of hydrogen-bond acceptors (Lipinski definition) is 3. The number of rotatable bonds is 6. The first-order valence-corrected chi connectivity index (χ1v) is 4.86. The van der Waals surface area contributed by atoms with Crippen molar-refractivity contribution in [3.63, 3.8) is 0 Å². The quantitative estimate of drug-likeness (QED) is 0.259. The van der Waals surface area contributed by atoms with E-state index in [1.807, 2.05) is 6.08 Å². The van der Waals surface area contributed by atoms with Crippen LogP contribution < -0.4 is 11.5 Å². The molecule has 15 heavy (non-hydrogen) atoms. The van der Waals surface area contributed by atoms with Gasteiger partial charge < -0.3 is 16.6 Å². The van der Waals surface area contributed by atoms with Gasteiger partial charge in [-0.1, -0.05) is 6.08 Å². The molecule has 5 nitrogen and oxygen atoms in total. The molecule has 0 spiro atoms. The topological polar surface area (TPSA) is 102 Å². The van der Waals surface area contributed by atoms with Gasteiger partial charge in [0.1, 0.15) is 6.04 Å². The zero-order valence-electron chi connectivity index (χ0n) is 9.23. The molecule has 0 aromatic heterocycles. The predicted molar refractivity (Wildman–Crippen MR) is 60.8 cm³/mol. The minimum Gasteiger partial charge on any atom is -0.480 e. The van der Waals surface area contributed by atoms with Gasteiger partial charge in [0, 0.05) is 6.54 Å². The maximum Gasteiger partial charge on any atom is 0.324 e. The molecule has 0 aliphatic heterocycles. The molecule has 0 bridgehead atoms. The molecule has 0 saturated heterocycles. The van der Waals surface area contributed by atoms with Crippen LogP contribution in [0.2, 0.25) is 0 Å². The van der Waals surface area contributed by atoms with Gasteiger partial charge in [-0.05, 0) is 32.3 Å². The summed E-state index contributed by atoms with van der Waals surface area (Å²) in [7, 11) is 0. The fourth-order valence-electron chi connectivity index (χ4n) is 0.998. The summed E-state index contributed by atoms with van der Waals surface area (Å²) in [5.41, 5.74) is 11.4. The number of amidine groups is 1. The average molecular weight is 213 g/mol. The van der Waals surface area contributed by atoms with Gasteiger partial charge in [-0.25, -0.2) is 0 Å². The Bertz CT molecular complexity index is 268. The second-order valence-corrected chi connectivity index (χ2v) is 3.43. The average Bonchev–Trinajstić information content (AvgIpc) is 2.15. The lowest BCUT2D eigenvalue weighted by atomic mass is 10.1. The van der Waals surface area contributed by atoms with E-state index >= 15 is 0 Å². The number of allylic oxidation sites excluding steroid dienone is 1. The van der Waals surface area contributed by atoms with Gasteiger partial charge in [-0.2, -0.15) is 0 Å². The first-order valence-electron chi connectivity index (χ1n) is 4.86. The van der Waals surface area contributed by atoms with Gasteiger partial charge in [0.05, 0.1) is 5.84 Å². The molecule has 0 radical (unpaired) electrons. The first kappa shape index (κ1) is 13.6. The standard InChI is InChI=1S/C10H19N3O2/c1-7(9(12)10(14)15)5-3-4-6-13-8(2)11/h5,9H,3-4,6,12H2,1-2H3,(H2,11,13)(H,14,15)/b7-5-. The minimum atomic E-state index is -1.00. The lowest BCUT2D eigenvalue weighted by Gasteiger charge is -2.05.